The molecule has 1 aliphatic heterocycles. The number of nitro groups is 1. The van der Waals surface area contributed by atoms with Crippen LogP contribution >= 0.6 is 11.6 Å². The van der Waals surface area contributed by atoms with Crippen LogP contribution in [0.15, 0.2) is 47.5 Å². The number of nitrogens with zero attached hydrogens (tertiary/aromatic N) is 4. The third-order valence-electron chi connectivity index (χ3n) is 3.96. The summed E-state index contributed by atoms with van der Waals surface area (Å²) in [5.74, 6) is 0.604. The number of aromatic nitrogens is 1. The lowest BCUT2D eigenvalue weighted by Gasteiger charge is -2.34. The van der Waals surface area contributed by atoms with Gasteiger partial charge in [-0.3, -0.25) is 10.1 Å². The number of halogens is 1. The quantitative estimate of drug-likeness (QED) is 0.593. The summed E-state index contributed by atoms with van der Waals surface area (Å²) >= 11 is 6.12. The maximum atomic E-state index is 12.8. The normalized spacial score (nSPS) is 16.0. The molecule has 1 fully saturated rings. The summed E-state index contributed by atoms with van der Waals surface area (Å²) in [5, 5.41) is 11.6. The highest BCUT2D eigenvalue weighted by Gasteiger charge is 2.33. The Hall–Kier alpha value is -2.23. The molecule has 2 heterocycles. The molecule has 1 saturated heterocycles. The molecule has 25 heavy (non-hydrogen) atoms. The second-order valence-corrected chi connectivity index (χ2v) is 7.74. The molecule has 2 aromatic rings. The largest absolute Gasteiger partial charge is 0.353 e. The van der Waals surface area contributed by atoms with Crippen molar-refractivity contribution in [2.24, 2.45) is 0 Å². The minimum atomic E-state index is -3.94. The van der Waals surface area contributed by atoms with Crippen LogP contribution in [0.2, 0.25) is 5.02 Å². The molecular weight excluding hydrogens is 368 g/mol. The fraction of sp³-hybridized carbons (Fsp3) is 0.267. The Balaban J connectivity index is 1.81. The molecule has 0 radical (unpaired) electrons. The zero-order chi connectivity index (χ0) is 18.0. The van der Waals surface area contributed by atoms with E-state index in [0.29, 0.717) is 23.9 Å². The second-order valence-electron chi connectivity index (χ2n) is 5.42. The van der Waals surface area contributed by atoms with Gasteiger partial charge in [-0.05, 0) is 18.2 Å². The first-order chi connectivity index (χ1) is 11.9. The van der Waals surface area contributed by atoms with Gasteiger partial charge in [-0.15, -0.1) is 0 Å². The van der Waals surface area contributed by atoms with Crippen molar-refractivity contribution in [1.29, 1.82) is 0 Å². The van der Waals surface area contributed by atoms with E-state index in [4.69, 9.17) is 11.6 Å². The molecule has 10 heteroatoms. The average Bonchev–Trinajstić information content (AvgIpc) is 2.62. The van der Waals surface area contributed by atoms with Gasteiger partial charge in [-0.2, -0.15) is 4.31 Å². The molecule has 0 amide bonds. The van der Waals surface area contributed by atoms with Crippen LogP contribution in [-0.4, -0.2) is 48.8 Å². The number of hydrogen-bond donors (Lipinski definition) is 0. The number of piperazine rings is 1. The lowest BCUT2D eigenvalue weighted by atomic mass is 10.3. The van der Waals surface area contributed by atoms with Crippen molar-refractivity contribution in [3.63, 3.8) is 0 Å². The minimum absolute atomic E-state index is 0.196. The van der Waals surface area contributed by atoms with E-state index in [9.17, 15) is 18.5 Å². The molecule has 3 rings (SSSR count). The fourth-order valence-corrected chi connectivity index (χ4v) is 4.54. The molecule has 1 aliphatic rings. The summed E-state index contributed by atoms with van der Waals surface area (Å²) < 4.78 is 26.8. The Morgan fingerprint density at radius 2 is 1.76 bits per heavy atom. The number of anilines is 1. The Morgan fingerprint density at radius 1 is 1.08 bits per heavy atom. The molecule has 132 valence electrons. The van der Waals surface area contributed by atoms with Crippen LogP contribution in [0.4, 0.5) is 11.5 Å². The predicted molar refractivity (Wildman–Crippen MR) is 93.3 cm³/mol. The van der Waals surface area contributed by atoms with Gasteiger partial charge >= 0.3 is 0 Å². The standard InChI is InChI=1S/C15H15ClN4O4S/c16-12-4-3-7-17-15(12)18-8-10-19(11-9-18)25(23,24)14-6-2-1-5-13(14)20(21)22/h1-7H,8-11H2. The van der Waals surface area contributed by atoms with E-state index in [2.05, 4.69) is 4.98 Å². The van der Waals surface area contributed by atoms with Gasteiger partial charge in [0.05, 0.1) is 9.95 Å². The first-order valence-electron chi connectivity index (χ1n) is 7.50. The Morgan fingerprint density at radius 3 is 2.40 bits per heavy atom. The van der Waals surface area contributed by atoms with E-state index in [1.807, 2.05) is 4.90 Å². The Kier molecular flexibility index (Phi) is 4.89. The van der Waals surface area contributed by atoms with Crippen molar-refractivity contribution < 1.29 is 13.3 Å². The van der Waals surface area contributed by atoms with Gasteiger partial charge in [0.2, 0.25) is 10.0 Å². The lowest BCUT2D eigenvalue weighted by molar-refractivity contribution is -0.387. The summed E-state index contributed by atoms with van der Waals surface area (Å²) in [5.41, 5.74) is -0.419. The summed E-state index contributed by atoms with van der Waals surface area (Å²) in [4.78, 5) is 16.3. The molecule has 0 spiro atoms. The molecular formula is C15H15ClN4O4S. The highest BCUT2D eigenvalue weighted by atomic mass is 35.5. The smallest absolute Gasteiger partial charge is 0.289 e. The minimum Gasteiger partial charge on any atom is -0.353 e. The third-order valence-corrected chi connectivity index (χ3v) is 6.20. The summed E-state index contributed by atoms with van der Waals surface area (Å²) in [6.45, 7) is 1.19. The summed E-state index contributed by atoms with van der Waals surface area (Å²) in [6.07, 6.45) is 1.62. The molecule has 0 N–H and O–H groups in total. The van der Waals surface area contributed by atoms with Gasteiger partial charge in [-0.1, -0.05) is 23.7 Å². The molecule has 1 aromatic heterocycles. The molecule has 0 unspecified atom stereocenters. The SMILES string of the molecule is O=[N+]([O-])c1ccccc1S(=O)(=O)N1CCN(c2ncccc2Cl)CC1. The lowest BCUT2D eigenvalue weighted by Crippen LogP contribution is -2.49. The number of rotatable bonds is 4. The van der Waals surface area contributed by atoms with Crippen molar-refractivity contribution in [3.8, 4) is 0 Å². The van der Waals surface area contributed by atoms with Crippen LogP contribution in [0, 0.1) is 10.1 Å². The molecule has 0 aliphatic carbocycles. The van der Waals surface area contributed by atoms with E-state index in [1.54, 1.807) is 18.3 Å². The third kappa shape index (κ3) is 3.44. The highest BCUT2D eigenvalue weighted by Crippen LogP contribution is 2.28. The van der Waals surface area contributed by atoms with E-state index in [-0.39, 0.29) is 18.0 Å². The Bertz CT molecular complexity index is 898. The van der Waals surface area contributed by atoms with Crippen molar-refractivity contribution in [2.75, 3.05) is 31.1 Å². The first kappa shape index (κ1) is 17.6. The van der Waals surface area contributed by atoms with Crippen LogP contribution in [0.3, 0.4) is 0 Å². The monoisotopic (exact) mass is 382 g/mol. The van der Waals surface area contributed by atoms with E-state index in [0.717, 1.165) is 0 Å². The number of nitro benzene ring substituents is 1. The van der Waals surface area contributed by atoms with Crippen molar-refractivity contribution in [1.82, 2.24) is 9.29 Å². The van der Waals surface area contributed by atoms with Crippen molar-refractivity contribution >= 4 is 33.1 Å². The van der Waals surface area contributed by atoms with Crippen LogP contribution in [0.25, 0.3) is 0 Å². The van der Waals surface area contributed by atoms with Gasteiger partial charge in [0.1, 0.15) is 5.82 Å². The summed E-state index contributed by atoms with van der Waals surface area (Å²) in [6, 6.07) is 8.82. The molecule has 8 nitrogen and oxygen atoms in total. The zero-order valence-corrected chi connectivity index (χ0v) is 14.7. The Labute approximate surface area is 149 Å². The number of sulfonamides is 1. The predicted octanol–water partition coefficient (Wildman–Crippen LogP) is 2.15. The second kappa shape index (κ2) is 6.95. The summed E-state index contributed by atoms with van der Waals surface area (Å²) in [7, 11) is -3.94. The molecule has 0 saturated carbocycles. The van der Waals surface area contributed by atoms with Crippen molar-refractivity contribution in [3.05, 3.63) is 57.7 Å². The van der Waals surface area contributed by atoms with E-state index >= 15 is 0 Å². The topological polar surface area (TPSA) is 96.6 Å². The van der Waals surface area contributed by atoms with Crippen molar-refractivity contribution in [2.45, 2.75) is 4.90 Å². The van der Waals surface area contributed by atoms with Crippen LogP contribution in [0.1, 0.15) is 0 Å². The van der Waals surface area contributed by atoms with Gasteiger partial charge in [0.25, 0.3) is 5.69 Å². The maximum Gasteiger partial charge on any atom is 0.289 e. The maximum absolute atomic E-state index is 12.8. The average molecular weight is 383 g/mol. The van der Waals surface area contributed by atoms with Gasteiger partial charge in [0, 0.05) is 38.4 Å². The molecule has 0 atom stereocenters. The fourth-order valence-electron chi connectivity index (χ4n) is 2.72. The zero-order valence-electron chi connectivity index (χ0n) is 13.1. The van der Waals surface area contributed by atoms with E-state index in [1.165, 1.54) is 28.6 Å². The van der Waals surface area contributed by atoms with Gasteiger partial charge in [-0.25, -0.2) is 13.4 Å². The number of benzene rings is 1. The number of hydrogen-bond acceptors (Lipinski definition) is 6. The van der Waals surface area contributed by atoms with Gasteiger partial charge < -0.3 is 4.90 Å². The number of pyridine rings is 1. The molecule has 1 aromatic carbocycles. The van der Waals surface area contributed by atoms with Crippen LogP contribution < -0.4 is 4.90 Å². The molecule has 0 bridgehead atoms. The first-order valence-corrected chi connectivity index (χ1v) is 9.32. The van der Waals surface area contributed by atoms with E-state index < -0.39 is 20.6 Å². The van der Waals surface area contributed by atoms with Gasteiger partial charge in [0.15, 0.2) is 4.90 Å². The highest BCUT2D eigenvalue weighted by molar-refractivity contribution is 7.89. The van der Waals surface area contributed by atoms with Crippen LogP contribution in [0.5, 0.6) is 0 Å². The number of para-hydroxylation sites is 1. The van der Waals surface area contributed by atoms with Crippen LogP contribution in [-0.2, 0) is 10.0 Å².